The molecule has 0 spiro atoms. The zero-order valence-electron chi connectivity index (χ0n) is 15.2. The Morgan fingerprint density at radius 3 is 2.54 bits per heavy atom. The van der Waals surface area contributed by atoms with Crippen LogP contribution in [0.5, 0.6) is 0 Å². The summed E-state index contributed by atoms with van der Waals surface area (Å²) in [6.07, 6.45) is 10.6. The Kier molecular flexibility index (Phi) is 6.48. The van der Waals surface area contributed by atoms with E-state index in [0.717, 1.165) is 38.5 Å². The molecule has 2 aliphatic rings. The number of carbonyl (C=O) groups is 1. The van der Waals surface area contributed by atoms with Gasteiger partial charge in [0.15, 0.2) is 0 Å². The zero-order chi connectivity index (χ0) is 18.4. The fourth-order valence-corrected chi connectivity index (χ4v) is 5.39. The summed E-state index contributed by atoms with van der Waals surface area (Å²) in [5.41, 5.74) is 1.64. The van der Waals surface area contributed by atoms with Crippen molar-refractivity contribution < 1.29 is 13.2 Å². The van der Waals surface area contributed by atoms with Crippen LogP contribution in [0.1, 0.15) is 61.7 Å². The molecule has 1 saturated heterocycles. The lowest BCUT2D eigenvalue weighted by molar-refractivity contribution is 0.0950. The van der Waals surface area contributed by atoms with Crippen LogP contribution in [0.15, 0.2) is 40.8 Å². The summed E-state index contributed by atoms with van der Waals surface area (Å²) in [4.78, 5) is 12.7. The summed E-state index contributed by atoms with van der Waals surface area (Å²) in [6, 6.07) is 6.54. The maximum atomic E-state index is 13.0. The minimum absolute atomic E-state index is 0.122. The molecule has 1 fully saturated rings. The Labute approximate surface area is 156 Å². The van der Waals surface area contributed by atoms with Gasteiger partial charge in [-0.1, -0.05) is 30.2 Å². The van der Waals surface area contributed by atoms with Gasteiger partial charge in [0, 0.05) is 19.6 Å². The van der Waals surface area contributed by atoms with Crippen molar-refractivity contribution in [2.75, 3.05) is 19.6 Å². The van der Waals surface area contributed by atoms with Crippen molar-refractivity contribution in [3.8, 4) is 0 Å². The molecule has 1 aromatic rings. The van der Waals surface area contributed by atoms with Crippen LogP contribution in [0, 0.1) is 0 Å². The van der Waals surface area contributed by atoms with Gasteiger partial charge in [-0.2, -0.15) is 4.31 Å². The average molecular weight is 377 g/mol. The molecule has 0 radical (unpaired) electrons. The van der Waals surface area contributed by atoms with Crippen molar-refractivity contribution in [1.82, 2.24) is 9.62 Å². The maximum absolute atomic E-state index is 13.0. The van der Waals surface area contributed by atoms with E-state index in [0.29, 0.717) is 19.6 Å². The first-order valence-corrected chi connectivity index (χ1v) is 11.1. The molecule has 1 aliphatic carbocycles. The van der Waals surface area contributed by atoms with Crippen molar-refractivity contribution in [1.29, 1.82) is 0 Å². The van der Waals surface area contributed by atoms with Crippen LogP contribution < -0.4 is 5.32 Å². The number of nitrogens with zero attached hydrogens (tertiary/aromatic N) is 1. The highest BCUT2D eigenvalue weighted by atomic mass is 32.2. The normalized spacial score (nSPS) is 19.0. The minimum atomic E-state index is -3.62. The molecule has 142 valence electrons. The lowest BCUT2D eigenvalue weighted by Gasteiger charge is -2.26. The molecule has 0 saturated carbocycles. The lowest BCUT2D eigenvalue weighted by Crippen LogP contribution is -2.37. The van der Waals surface area contributed by atoms with Crippen LogP contribution in [0.3, 0.4) is 0 Å². The predicted octanol–water partition coefficient (Wildman–Crippen LogP) is 3.48. The fourth-order valence-electron chi connectivity index (χ4n) is 3.69. The summed E-state index contributed by atoms with van der Waals surface area (Å²) in [5.74, 6) is -0.308. The van der Waals surface area contributed by atoms with Gasteiger partial charge in [-0.15, -0.1) is 0 Å². The number of benzene rings is 1. The lowest BCUT2D eigenvalue weighted by atomic mass is 9.97. The van der Waals surface area contributed by atoms with Crippen molar-refractivity contribution >= 4 is 15.9 Å². The molecule has 3 rings (SSSR count). The van der Waals surface area contributed by atoms with E-state index in [2.05, 4.69) is 11.4 Å². The first kappa shape index (κ1) is 19.1. The number of hydrogen-bond acceptors (Lipinski definition) is 3. The number of piperidine rings is 1. The van der Waals surface area contributed by atoms with Crippen molar-refractivity contribution in [2.24, 2.45) is 0 Å². The molecule has 1 aliphatic heterocycles. The number of sulfonamides is 1. The smallest absolute Gasteiger partial charge is 0.252 e. The monoisotopic (exact) mass is 376 g/mol. The Morgan fingerprint density at radius 1 is 1.04 bits per heavy atom. The quantitative estimate of drug-likeness (QED) is 0.773. The number of allylic oxidation sites excluding steroid dienone is 1. The molecule has 1 aromatic carbocycles. The molecule has 0 unspecified atom stereocenters. The second kappa shape index (κ2) is 8.82. The molecule has 5 nitrogen and oxygen atoms in total. The third-order valence-electron chi connectivity index (χ3n) is 5.18. The van der Waals surface area contributed by atoms with Gasteiger partial charge in [-0.25, -0.2) is 8.42 Å². The van der Waals surface area contributed by atoms with Crippen molar-refractivity contribution in [3.63, 3.8) is 0 Å². The molecule has 1 heterocycles. The molecule has 0 aromatic heterocycles. The molecule has 6 heteroatoms. The number of carbonyl (C=O) groups excluding carboxylic acids is 1. The summed E-state index contributed by atoms with van der Waals surface area (Å²) < 4.78 is 27.5. The van der Waals surface area contributed by atoms with E-state index in [-0.39, 0.29) is 16.4 Å². The zero-order valence-corrected chi connectivity index (χ0v) is 16.1. The van der Waals surface area contributed by atoms with Crippen LogP contribution in [-0.4, -0.2) is 38.3 Å². The molecular formula is C20H28N2O3S. The number of rotatable bonds is 6. The summed E-state index contributed by atoms with van der Waals surface area (Å²) in [7, 11) is -3.62. The Hall–Kier alpha value is -1.66. The largest absolute Gasteiger partial charge is 0.352 e. The number of amides is 1. The maximum Gasteiger partial charge on any atom is 0.252 e. The molecular weight excluding hydrogens is 348 g/mol. The first-order valence-electron chi connectivity index (χ1n) is 9.64. The number of nitrogens with one attached hydrogen (secondary N) is 1. The van der Waals surface area contributed by atoms with Gasteiger partial charge in [-0.05, 0) is 57.1 Å². The Balaban J connectivity index is 1.69. The molecule has 0 atom stereocenters. The summed E-state index contributed by atoms with van der Waals surface area (Å²) >= 11 is 0. The SMILES string of the molecule is O=C(NCCC1=CCCCC1)c1ccccc1S(=O)(=O)N1CCCCC1. The first-order chi connectivity index (χ1) is 12.6. The predicted molar refractivity (Wildman–Crippen MR) is 103 cm³/mol. The van der Waals surface area contributed by atoms with Gasteiger partial charge in [0.25, 0.3) is 5.91 Å². The fraction of sp³-hybridized carbons (Fsp3) is 0.550. The van der Waals surface area contributed by atoms with Crippen LogP contribution in [0.4, 0.5) is 0 Å². The molecule has 26 heavy (non-hydrogen) atoms. The van der Waals surface area contributed by atoms with E-state index in [1.165, 1.54) is 22.7 Å². The van der Waals surface area contributed by atoms with Gasteiger partial charge in [0.2, 0.25) is 10.0 Å². The average Bonchev–Trinajstić information content (AvgIpc) is 2.69. The van der Waals surface area contributed by atoms with E-state index in [9.17, 15) is 13.2 Å². The summed E-state index contributed by atoms with van der Waals surface area (Å²) in [6.45, 7) is 1.61. The second-order valence-electron chi connectivity index (χ2n) is 7.07. The molecule has 1 N–H and O–H groups in total. The molecule has 1 amide bonds. The number of hydrogen-bond donors (Lipinski definition) is 1. The highest BCUT2D eigenvalue weighted by Gasteiger charge is 2.29. The Morgan fingerprint density at radius 2 is 1.81 bits per heavy atom. The van der Waals surface area contributed by atoms with Crippen molar-refractivity contribution in [3.05, 3.63) is 41.5 Å². The van der Waals surface area contributed by atoms with Crippen molar-refractivity contribution in [2.45, 2.75) is 56.3 Å². The van der Waals surface area contributed by atoms with E-state index in [1.54, 1.807) is 24.3 Å². The van der Waals surface area contributed by atoms with E-state index < -0.39 is 10.0 Å². The second-order valence-corrected chi connectivity index (χ2v) is 8.98. The third-order valence-corrected chi connectivity index (χ3v) is 7.14. The highest BCUT2D eigenvalue weighted by molar-refractivity contribution is 7.89. The topological polar surface area (TPSA) is 66.5 Å². The van der Waals surface area contributed by atoms with Crippen LogP contribution in [0.25, 0.3) is 0 Å². The van der Waals surface area contributed by atoms with Gasteiger partial charge < -0.3 is 5.32 Å². The highest BCUT2D eigenvalue weighted by Crippen LogP contribution is 2.24. The van der Waals surface area contributed by atoms with E-state index in [4.69, 9.17) is 0 Å². The van der Waals surface area contributed by atoms with Crippen LogP contribution >= 0.6 is 0 Å². The van der Waals surface area contributed by atoms with Gasteiger partial charge in [0.05, 0.1) is 10.5 Å². The van der Waals surface area contributed by atoms with Gasteiger partial charge >= 0.3 is 0 Å². The van der Waals surface area contributed by atoms with Gasteiger partial charge in [0.1, 0.15) is 0 Å². The van der Waals surface area contributed by atoms with Crippen LogP contribution in [-0.2, 0) is 10.0 Å². The van der Waals surface area contributed by atoms with Crippen LogP contribution in [0.2, 0.25) is 0 Å². The van der Waals surface area contributed by atoms with E-state index in [1.807, 2.05) is 0 Å². The standard InChI is InChI=1S/C20H28N2O3S/c23-20(21-14-13-17-9-3-1-4-10-17)18-11-5-6-12-19(18)26(24,25)22-15-7-2-8-16-22/h5-6,9,11-12H,1-4,7-8,10,13-16H2,(H,21,23). The molecule has 0 bridgehead atoms. The van der Waals surface area contributed by atoms with Gasteiger partial charge in [-0.3, -0.25) is 4.79 Å². The third kappa shape index (κ3) is 4.54. The minimum Gasteiger partial charge on any atom is -0.352 e. The summed E-state index contributed by atoms with van der Waals surface area (Å²) in [5, 5.41) is 2.90. The Bertz CT molecular complexity index is 765. The van der Waals surface area contributed by atoms with E-state index >= 15 is 0 Å².